The number of aromatic nitrogens is 2. The van der Waals surface area contributed by atoms with Gasteiger partial charge in [-0.1, -0.05) is 23.7 Å². The summed E-state index contributed by atoms with van der Waals surface area (Å²) in [5.74, 6) is -0.672. The first-order valence-electron chi connectivity index (χ1n) is 8.50. The van der Waals surface area contributed by atoms with Crippen LogP contribution in [0.4, 0.5) is 24.5 Å². The zero-order valence-corrected chi connectivity index (χ0v) is 17.1. The van der Waals surface area contributed by atoms with Crippen LogP contribution in [0, 0.1) is 10.1 Å². The first-order valence-corrected chi connectivity index (χ1v) is 9.69. The zero-order chi connectivity index (χ0) is 22.2. The van der Waals surface area contributed by atoms with Crippen molar-refractivity contribution in [1.82, 2.24) is 9.78 Å². The third-order valence-electron chi connectivity index (χ3n) is 4.00. The lowest BCUT2D eigenvalue weighted by Gasteiger charge is -2.09. The topological polar surface area (TPSA) is 90.1 Å². The van der Waals surface area contributed by atoms with Gasteiger partial charge < -0.3 is 5.32 Å². The normalized spacial score (nSPS) is 11.7. The maximum atomic E-state index is 13.2. The van der Waals surface area contributed by atoms with Gasteiger partial charge in [-0.15, -0.1) is 11.3 Å². The minimum atomic E-state index is -4.72. The maximum absolute atomic E-state index is 13.2. The highest BCUT2D eigenvalue weighted by Crippen LogP contribution is 2.41. The van der Waals surface area contributed by atoms with Crippen LogP contribution in [0.3, 0.4) is 0 Å². The Bertz CT molecular complexity index is 1120. The Morgan fingerprint density at radius 2 is 1.97 bits per heavy atom. The molecule has 158 valence electrons. The second-order valence-corrected chi connectivity index (χ2v) is 7.93. The molecule has 0 saturated carbocycles. The number of carbonyl (C=O) groups is 1. The van der Waals surface area contributed by atoms with Crippen molar-refractivity contribution in [2.75, 3.05) is 5.32 Å². The van der Waals surface area contributed by atoms with Crippen molar-refractivity contribution in [3.8, 4) is 10.6 Å². The first-order chi connectivity index (χ1) is 14.0. The molecule has 0 aliphatic rings. The predicted molar refractivity (Wildman–Crippen MR) is 107 cm³/mol. The molecule has 3 rings (SSSR count). The zero-order valence-electron chi connectivity index (χ0n) is 15.5. The number of thiophene rings is 1. The number of hydrogen-bond donors (Lipinski definition) is 1. The Balaban J connectivity index is 2.08. The van der Waals surface area contributed by atoms with Crippen molar-refractivity contribution >= 4 is 40.2 Å². The maximum Gasteiger partial charge on any atom is 0.435 e. The van der Waals surface area contributed by atoms with Gasteiger partial charge in [-0.3, -0.25) is 19.6 Å². The second-order valence-electron chi connectivity index (χ2n) is 6.47. The number of alkyl halides is 3. The van der Waals surface area contributed by atoms with E-state index in [0.29, 0.717) is 17.0 Å². The van der Waals surface area contributed by atoms with Gasteiger partial charge in [-0.05, 0) is 32.0 Å². The van der Waals surface area contributed by atoms with E-state index in [1.807, 2.05) is 0 Å². The molecule has 12 heteroatoms. The van der Waals surface area contributed by atoms with Gasteiger partial charge in [0.05, 0.1) is 26.2 Å². The van der Waals surface area contributed by atoms with E-state index >= 15 is 0 Å². The molecule has 3 aromatic rings. The van der Waals surface area contributed by atoms with Crippen LogP contribution in [0.2, 0.25) is 5.02 Å². The molecule has 30 heavy (non-hydrogen) atoms. The Kier molecular flexibility index (Phi) is 5.86. The fourth-order valence-corrected chi connectivity index (χ4v) is 3.87. The smallest absolute Gasteiger partial charge is 0.320 e. The summed E-state index contributed by atoms with van der Waals surface area (Å²) in [6, 6.07) is 7.68. The van der Waals surface area contributed by atoms with Gasteiger partial charge in [-0.25, -0.2) is 0 Å². The van der Waals surface area contributed by atoms with Crippen LogP contribution in [0.15, 0.2) is 36.4 Å². The molecule has 1 amide bonds. The molecular weight excluding hydrogens is 445 g/mol. The first kappa shape index (κ1) is 21.8. The summed E-state index contributed by atoms with van der Waals surface area (Å²) in [7, 11) is 0. The monoisotopic (exact) mass is 458 g/mol. The lowest BCUT2D eigenvalue weighted by Crippen LogP contribution is -2.10. The van der Waals surface area contributed by atoms with Gasteiger partial charge in [0.25, 0.3) is 11.6 Å². The molecule has 0 radical (unpaired) electrons. The number of anilines is 1. The minimum Gasteiger partial charge on any atom is -0.320 e. The van der Waals surface area contributed by atoms with E-state index in [1.165, 1.54) is 0 Å². The highest BCUT2D eigenvalue weighted by Gasteiger charge is 2.37. The largest absolute Gasteiger partial charge is 0.435 e. The summed E-state index contributed by atoms with van der Waals surface area (Å²) in [5.41, 5.74) is -1.45. The number of nitrogens with zero attached hydrogens (tertiary/aromatic N) is 3. The Labute approximate surface area is 177 Å². The predicted octanol–water partition coefficient (Wildman–Crippen LogP) is 6.03. The third-order valence-corrected chi connectivity index (χ3v) is 5.48. The molecule has 0 atom stereocenters. The molecule has 1 aromatic carbocycles. The van der Waals surface area contributed by atoms with Gasteiger partial charge in [-0.2, -0.15) is 18.3 Å². The quantitative estimate of drug-likeness (QED) is 0.373. The Hall–Kier alpha value is -2.92. The molecule has 2 aromatic heterocycles. The SMILES string of the molecule is CC(C)n1nc(C(F)(F)F)cc1-c1sc(C(=O)Nc2ccccc2Cl)cc1[N+](=O)[O-]. The number of nitro groups is 1. The van der Waals surface area contributed by atoms with Gasteiger partial charge in [0.1, 0.15) is 4.88 Å². The van der Waals surface area contributed by atoms with Gasteiger partial charge in [0.15, 0.2) is 5.69 Å². The molecule has 0 aliphatic carbocycles. The van der Waals surface area contributed by atoms with Crippen molar-refractivity contribution in [3.63, 3.8) is 0 Å². The molecule has 0 fully saturated rings. The van der Waals surface area contributed by atoms with E-state index in [0.717, 1.165) is 16.8 Å². The summed E-state index contributed by atoms with van der Waals surface area (Å²) < 4.78 is 40.5. The summed E-state index contributed by atoms with van der Waals surface area (Å²) >= 11 is 6.71. The molecule has 2 heterocycles. The molecule has 0 spiro atoms. The minimum absolute atomic E-state index is 0.0540. The van der Waals surface area contributed by atoms with Crippen LogP contribution in [0.1, 0.15) is 35.3 Å². The molecule has 1 N–H and O–H groups in total. The van der Waals surface area contributed by atoms with Gasteiger partial charge >= 0.3 is 6.18 Å². The number of hydrogen-bond acceptors (Lipinski definition) is 5. The summed E-state index contributed by atoms with van der Waals surface area (Å²) in [6.07, 6.45) is -4.72. The molecular formula is C18H14ClF3N4O3S. The molecule has 0 saturated heterocycles. The van der Waals surface area contributed by atoms with Gasteiger partial charge in [0.2, 0.25) is 0 Å². The van der Waals surface area contributed by atoms with Crippen LogP contribution in [0.25, 0.3) is 10.6 Å². The van der Waals surface area contributed by atoms with Crippen molar-refractivity contribution < 1.29 is 22.9 Å². The van der Waals surface area contributed by atoms with E-state index < -0.39 is 34.4 Å². The number of halogens is 4. The number of rotatable bonds is 5. The number of benzene rings is 1. The highest BCUT2D eigenvalue weighted by atomic mass is 35.5. The van der Waals surface area contributed by atoms with Crippen LogP contribution in [-0.2, 0) is 6.18 Å². The van der Waals surface area contributed by atoms with Crippen molar-refractivity contribution in [2.45, 2.75) is 26.1 Å². The van der Waals surface area contributed by atoms with E-state index in [9.17, 15) is 28.1 Å². The van der Waals surface area contributed by atoms with Crippen LogP contribution in [-0.4, -0.2) is 20.6 Å². The number of carbonyl (C=O) groups excluding carboxylic acids is 1. The molecule has 0 bridgehead atoms. The van der Waals surface area contributed by atoms with E-state index in [2.05, 4.69) is 10.4 Å². The van der Waals surface area contributed by atoms with Gasteiger partial charge in [0, 0.05) is 12.1 Å². The number of para-hydroxylation sites is 1. The molecule has 7 nitrogen and oxygen atoms in total. The van der Waals surface area contributed by atoms with Crippen molar-refractivity contribution in [3.05, 3.63) is 62.1 Å². The average Bonchev–Trinajstić information content (AvgIpc) is 3.27. The van der Waals surface area contributed by atoms with E-state index in [-0.39, 0.29) is 20.5 Å². The number of amides is 1. The molecule has 0 aliphatic heterocycles. The Morgan fingerprint density at radius 1 is 1.30 bits per heavy atom. The standard InChI is InChI=1S/C18H14ClF3N4O3S/c1-9(2)25-12(8-15(24-25)18(20,21)22)16-13(26(28)29)7-14(30-16)17(27)23-11-6-4-3-5-10(11)19/h3-9H,1-2H3,(H,23,27). The fourth-order valence-electron chi connectivity index (χ4n) is 2.66. The van der Waals surface area contributed by atoms with Crippen molar-refractivity contribution in [1.29, 1.82) is 0 Å². The molecule has 0 unspecified atom stereocenters. The average molecular weight is 459 g/mol. The van der Waals surface area contributed by atoms with E-state index in [4.69, 9.17) is 11.6 Å². The summed E-state index contributed by atoms with van der Waals surface area (Å²) in [6.45, 7) is 3.20. The lowest BCUT2D eigenvalue weighted by atomic mass is 10.2. The van der Waals surface area contributed by atoms with Crippen LogP contribution in [0.5, 0.6) is 0 Å². The highest BCUT2D eigenvalue weighted by molar-refractivity contribution is 7.18. The summed E-state index contributed by atoms with van der Waals surface area (Å²) in [4.78, 5) is 23.2. The summed E-state index contributed by atoms with van der Waals surface area (Å²) in [5, 5.41) is 17.9. The van der Waals surface area contributed by atoms with Crippen LogP contribution >= 0.6 is 22.9 Å². The fraction of sp³-hybridized carbons (Fsp3) is 0.222. The second kappa shape index (κ2) is 8.07. The number of nitrogens with one attached hydrogen (secondary N) is 1. The third kappa shape index (κ3) is 4.31. The van der Waals surface area contributed by atoms with Crippen LogP contribution < -0.4 is 5.32 Å². The van der Waals surface area contributed by atoms with E-state index in [1.54, 1.807) is 38.1 Å². The Morgan fingerprint density at radius 3 is 2.53 bits per heavy atom. The lowest BCUT2D eigenvalue weighted by molar-refractivity contribution is -0.383. The van der Waals surface area contributed by atoms with Crippen molar-refractivity contribution in [2.24, 2.45) is 0 Å².